The number of hydrogen-bond acceptors (Lipinski definition) is 3. The summed E-state index contributed by atoms with van der Waals surface area (Å²) in [5, 5.41) is 0.439. The molecule has 6 heteroatoms. The number of primary amides is 1. The second-order valence-corrected chi connectivity index (χ2v) is 6.06. The van der Waals surface area contributed by atoms with E-state index < -0.39 is 12.0 Å². The van der Waals surface area contributed by atoms with E-state index in [4.69, 9.17) is 22.1 Å². The largest absolute Gasteiger partial charge is 0.479 e. The van der Waals surface area contributed by atoms with Crippen LogP contribution in [0.4, 0.5) is 0 Å². The van der Waals surface area contributed by atoms with E-state index in [1.165, 1.54) is 0 Å². The zero-order chi connectivity index (χ0) is 18.2. The van der Waals surface area contributed by atoms with Crippen molar-refractivity contribution in [1.82, 2.24) is 4.90 Å². The Morgan fingerprint density at radius 3 is 2.40 bits per heavy atom. The Morgan fingerprint density at radius 2 is 1.76 bits per heavy atom. The second kappa shape index (κ2) is 9.08. The molecule has 5 nitrogen and oxygen atoms in total. The third-order valence-electron chi connectivity index (χ3n) is 3.64. The van der Waals surface area contributed by atoms with E-state index in [1.54, 1.807) is 36.1 Å². The maximum Gasteiger partial charge on any atom is 0.263 e. The normalized spacial score (nSPS) is 11.6. The zero-order valence-corrected chi connectivity index (χ0v) is 14.8. The van der Waals surface area contributed by atoms with Gasteiger partial charge in [0, 0.05) is 19.5 Å². The molecule has 2 amide bonds. The van der Waals surface area contributed by atoms with Gasteiger partial charge in [0.25, 0.3) is 5.91 Å². The van der Waals surface area contributed by atoms with Crippen LogP contribution >= 0.6 is 11.6 Å². The maximum absolute atomic E-state index is 12.8. The van der Waals surface area contributed by atoms with Crippen LogP contribution in [0.3, 0.4) is 0 Å². The minimum Gasteiger partial charge on any atom is -0.479 e. The number of benzene rings is 2. The molecule has 1 unspecified atom stereocenters. The van der Waals surface area contributed by atoms with Crippen molar-refractivity contribution < 1.29 is 14.3 Å². The van der Waals surface area contributed by atoms with E-state index in [0.29, 0.717) is 17.3 Å². The van der Waals surface area contributed by atoms with Crippen molar-refractivity contribution in [2.75, 3.05) is 6.54 Å². The second-order valence-electron chi connectivity index (χ2n) is 5.65. The Morgan fingerprint density at radius 1 is 1.12 bits per heavy atom. The summed E-state index contributed by atoms with van der Waals surface area (Å²) in [6.07, 6.45) is -0.645. The molecule has 0 spiro atoms. The Bertz CT molecular complexity index is 722. The Hall–Kier alpha value is -2.53. The van der Waals surface area contributed by atoms with Crippen LogP contribution in [0.25, 0.3) is 0 Å². The van der Waals surface area contributed by atoms with Gasteiger partial charge in [-0.2, -0.15) is 0 Å². The molecule has 1 atom stereocenters. The molecule has 25 heavy (non-hydrogen) atoms. The molecule has 0 saturated heterocycles. The molecular weight excluding hydrogens is 340 g/mol. The predicted octanol–water partition coefficient (Wildman–Crippen LogP) is 3.01. The molecule has 2 rings (SSSR count). The Kier molecular flexibility index (Phi) is 6.83. The lowest BCUT2D eigenvalue weighted by molar-refractivity contribution is -0.139. The molecule has 2 aromatic rings. The zero-order valence-electron chi connectivity index (χ0n) is 14.0. The van der Waals surface area contributed by atoms with Crippen LogP contribution in [0.2, 0.25) is 5.02 Å². The lowest BCUT2D eigenvalue weighted by Crippen LogP contribution is -2.41. The summed E-state index contributed by atoms with van der Waals surface area (Å²) in [7, 11) is 0. The van der Waals surface area contributed by atoms with E-state index in [-0.39, 0.29) is 18.9 Å². The molecule has 132 valence electrons. The first-order valence-electron chi connectivity index (χ1n) is 7.99. The smallest absolute Gasteiger partial charge is 0.263 e. The highest BCUT2D eigenvalue weighted by Crippen LogP contribution is 2.24. The molecule has 0 saturated carbocycles. The van der Waals surface area contributed by atoms with Gasteiger partial charge in [-0.3, -0.25) is 9.59 Å². The number of hydrogen-bond donors (Lipinski definition) is 1. The van der Waals surface area contributed by atoms with Crippen LogP contribution < -0.4 is 10.5 Å². The topological polar surface area (TPSA) is 72.6 Å². The fourth-order valence-electron chi connectivity index (χ4n) is 2.35. The average Bonchev–Trinajstić information content (AvgIpc) is 2.60. The van der Waals surface area contributed by atoms with E-state index in [0.717, 1.165) is 5.56 Å². The Balaban J connectivity index is 2.10. The molecule has 0 aromatic heterocycles. The molecule has 2 N–H and O–H groups in total. The van der Waals surface area contributed by atoms with Crippen LogP contribution in [0.5, 0.6) is 5.75 Å². The van der Waals surface area contributed by atoms with Crippen LogP contribution in [0.15, 0.2) is 54.6 Å². The highest BCUT2D eigenvalue weighted by Gasteiger charge is 2.23. The standard InChI is InChI=1S/C19H21ClN2O3/c1-14(25-17-10-6-5-9-16(17)20)19(24)22(12-11-18(21)23)13-15-7-3-2-4-8-15/h2-10,14H,11-13H2,1H3,(H2,21,23). The summed E-state index contributed by atoms with van der Waals surface area (Å²) in [6, 6.07) is 16.5. The quantitative estimate of drug-likeness (QED) is 0.786. The first-order valence-corrected chi connectivity index (χ1v) is 8.37. The SMILES string of the molecule is CC(Oc1ccccc1Cl)C(=O)N(CCC(N)=O)Cc1ccccc1. The lowest BCUT2D eigenvalue weighted by atomic mass is 10.2. The number of carbonyl (C=O) groups is 2. The van der Waals surface area contributed by atoms with Crippen molar-refractivity contribution in [1.29, 1.82) is 0 Å². The highest BCUT2D eigenvalue weighted by atomic mass is 35.5. The number of para-hydroxylation sites is 1. The number of halogens is 1. The van der Waals surface area contributed by atoms with E-state index in [1.807, 2.05) is 30.3 Å². The van der Waals surface area contributed by atoms with Gasteiger partial charge in [0.2, 0.25) is 5.91 Å². The van der Waals surface area contributed by atoms with Crippen molar-refractivity contribution >= 4 is 23.4 Å². The summed E-state index contributed by atoms with van der Waals surface area (Å²) < 4.78 is 5.69. The van der Waals surface area contributed by atoms with E-state index in [9.17, 15) is 9.59 Å². The molecule has 0 fully saturated rings. The monoisotopic (exact) mass is 360 g/mol. The minimum absolute atomic E-state index is 0.0946. The number of nitrogens with zero attached hydrogens (tertiary/aromatic N) is 1. The summed E-state index contributed by atoms with van der Waals surface area (Å²) in [6.45, 7) is 2.27. The van der Waals surface area contributed by atoms with E-state index >= 15 is 0 Å². The number of carbonyl (C=O) groups excluding carboxylic acids is 2. The first kappa shape index (κ1) is 18.8. The molecular formula is C19H21ClN2O3. The van der Waals surface area contributed by atoms with Crippen LogP contribution in [0, 0.1) is 0 Å². The van der Waals surface area contributed by atoms with Crippen molar-refractivity contribution in [2.24, 2.45) is 5.73 Å². The third kappa shape index (κ3) is 5.80. The molecule has 0 radical (unpaired) electrons. The number of rotatable bonds is 8. The van der Waals surface area contributed by atoms with Gasteiger partial charge >= 0.3 is 0 Å². The minimum atomic E-state index is -0.739. The van der Waals surface area contributed by atoms with Gasteiger partial charge in [0.15, 0.2) is 6.10 Å². The summed E-state index contributed by atoms with van der Waals surface area (Å²) in [5.74, 6) is -0.241. The van der Waals surface area contributed by atoms with Gasteiger partial charge in [-0.1, -0.05) is 54.1 Å². The third-order valence-corrected chi connectivity index (χ3v) is 3.96. The Labute approximate surface area is 152 Å². The molecule has 0 bridgehead atoms. The lowest BCUT2D eigenvalue weighted by Gasteiger charge is -2.26. The maximum atomic E-state index is 12.8. The fourth-order valence-corrected chi connectivity index (χ4v) is 2.53. The summed E-state index contributed by atoms with van der Waals surface area (Å²) >= 11 is 6.07. The van der Waals surface area contributed by atoms with Gasteiger partial charge in [0.1, 0.15) is 5.75 Å². The highest BCUT2D eigenvalue weighted by molar-refractivity contribution is 6.32. The van der Waals surface area contributed by atoms with Crippen LogP contribution in [-0.2, 0) is 16.1 Å². The predicted molar refractivity (Wildman–Crippen MR) is 97.2 cm³/mol. The van der Waals surface area contributed by atoms with Crippen LogP contribution in [0.1, 0.15) is 18.9 Å². The summed E-state index contributed by atoms with van der Waals surface area (Å²) in [5.41, 5.74) is 6.19. The molecule has 0 aliphatic carbocycles. The molecule has 0 heterocycles. The van der Waals surface area contributed by atoms with Gasteiger partial charge in [0.05, 0.1) is 5.02 Å². The van der Waals surface area contributed by atoms with Gasteiger partial charge in [-0.15, -0.1) is 0 Å². The van der Waals surface area contributed by atoms with Crippen LogP contribution in [-0.4, -0.2) is 29.4 Å². The van der Waals surface area contributed by atoms with E-state index in [2.05, 4.69) is 0 Å². The average molecular weight is 361 g/mol. The molecule has 0 aliphatic heterocycles. The van der Waals surface area contributed by atoms with Crippen molar-refractivity contribution in [3.05, 3.63) is 65.2 Å². The number of ether oxygens (including phenoxy) is 1. The van der Waals surface area contributed by atoms with Gasteiger partial charge < -0.3 is 15.4 Å². The first-order chi connectivity index (χ1) is 12.0. The van der Waals surface area contributed by atoms with Crippen molar-refractivity contribution in [2.45, 2.75) is 26.0 Å². The fraction of sp³-hybridized carbons (Fsp3) is 0.263. The van der Waals surface area contributed by atoms with Gasteiger partial charge in [-0.05, 0) is 24.6 Å². The number of amides is 2. The number of nitrogens with two attached hydrogens (primary N) is 1. The van der Waals surface area contributed by atoms with Crippen molar-refractivity contribution in [3.63, 3.8) is 0 Å². The molecule has 0 aliphatic rings. The van der Waals surface area contributed by atoms with Crippen molar-refractivity contribution in [3.8, 4) is 5.75 Å². The van der Waals surface area contributed by atoms with Gasteiger partial charge in [-0.25, -0.2) is 0 Å². The summed E-state index contributed by atoms with van der Waals surface area (Å²) in [4.78, 5) is 25.5. The molecule has 2 aromatic carbocycles.